The van der Waals surface area contributed by atoms with Crippen molar-refractivity contribution >= 4 is 11.6 Å². The van der Waals surface area contributed by atoms with E-state index in [-0.39, 0.29) is 18.0 Å². The van der Waals surface area contributed by atoms with Crippen LogP contribution in [-0.4, -0.2) is 11.6 Å². The number of carbonyl (C=O) groups excluding carboxylic acids is 2. The van der Waals surface area contributed by atoms with Gasteiger partial charge in [-0.1, -0.05) is 0 Å². The van der Waals surface area contributed by atoms with Gasteiger partial charge in [-0.2, -0.15) is 0 Å². The Morgan fingerprint density at radius 3 is 3.00 bits per heavy atom. The lowest BCUT2D eigenvalue weighted by atomic mass is 9.95. The minimum atomic E-state index is -0.130. The normalized spacial score (nSPS) is 21.0. The van der Waals surface area contributed by atoms with E-state index in [0.29, 0.717) is 11.3 Å². The van der Waals surface area contributed by atoms with E-state index in [1.54, 1.807) is 18.4 Å². The number of hydrogen-bond donors (Lipinski definition) is 1. The van der Waals surface area contributed by atoms with Gasteiger partial charge in [0, 0.05) is 17.8 Å². The predicted octanol–water partition coefficient (Wildman–Crippen LogP) is 0.455. The molecule has 2 aliphatic rings. The largest absolute Gasteiger partial charge is 0.361 e. The average molecular weight is 161 g/mol. The molecule has 1 aliphatic heterocycles. The van der Waals surface area contributed by atoms with Crippen molar-refractivity contribution in [3.05, 3.63) is 35.7 Å². The third kappa shape index (κ3) is 0.993. The molecule has 1 aliphatic carbocycles. The molecule has 0 fully saturated rings. The zero-order chi connectivity index (χ0) is 8.55. The van der Waals surface area contributed by atoms with Gasteiger partial charge < -0.3 is 5.32 Å². The number of allylic oxidation sites excluding steroid dienone is 4. The number of nitrogens with one attached hydrogen (secondary N) is 1. The highest BCUT2D eigenvalue weighted by Crippen LogP contribution is 2.19. The van der Waals surface area contributed by atoms with Crippen LogP contribution in [0, 0.1) is 0 Å². The summed E-state index contributed by atoms with van der Waals surface area (Å²) in [4.78, 5) is 22.2. The fourth-order valence-corrected chi connectivity index (χ4v) is 1.28. The summed E-state index contributed by atoms with van der Waals surface area (Å²) < 4.78 is 0. The molecule has 0 aromatic heterocycles. The number of rotatable bonds is 0. The number of Topliss-reactive ketones (excluding diaryl/α,β-unsaturated/α-hetero) is 1. The quantitative estimate of drug-likeness (QED) is 0.525. The highest BCUT2D eigenvalue weighted by atomic mass is 16.1. The van der Waals surface area contributed by atoms with E-state index in [1.165, 1.54) is 6.08 Å². The number of ketones is 2. The first-order valence-electron chi connectivity index (χ1n) is 3.69. The molecular weight excluding hydrogens is 154 g/mol. The molecule has 2 rings (SSSR count). The second-order valence-corrected chi connectivity index (χ2v) is 2.71. The molecule has 0 spiro atoms. The highest BCUT2D eigenvalue weighted by Gasteiger charge is 2.23. The van der Waals surface area contributed by atoms with Crippen LogP contribution in [0.5, 0.6) is 0 Å². The Morgan fingerprint density at radius 2 is 2.17 bits per heavy atom. The van der Waals surface area contributed by atoms with E-state index in [1.807, 2.05) is 0 Å². The molecule has 0 amide bonds. The van der Waals surface area contributed by atoms with Crippen molar-refractivity contribution in [1.29, 1.82) is 0 Å². The Morgan fingerprint density at radius 1 is 1.33 bits per heavy atom. The van der Waals surface area contributed by atoms with Crippen LogP contribution in [0.15, 0.2) is 35.7 Å². The number of dihydropyridines is 1. The number of hydrogen-bond acceptors (Lipinski definition) is 3. The van der Waals surface area contributed by atoms with Crippen LogP contribution >= 0.6 is 0 Å². The lowest BCUT2D eigenvalue weighted by molar-refractivity contribution is -0.123. The summed E-state index contributed by atoms with van der Waals surface area (Å²) in [5.41, 5.74) is 1.23. The summed E-state index contributed by atoms with van der Waals surface area (Å²) in [6.07, 6.45) is 6.64. The molecule has 3 heteroatoms. The molecule has 0 aromatic carbocycles. The van der Waals surface area contributed by atoms with Gasteiger partial charge in [0.1, 0.15) is 0 Å². The Kier molecular flexibility index (Phi) is 1.43. The second-order valence-electron chi connectivity index (χ2n) is 2.71. The summed E-state index contributed by atoms with van der Waals surface area (Å²) in [7, 11) is 0. The van der Waals surface area contributed by atoms with E-state index >= 15 is 0 Å². The van der Waals surface area contributed by atoms with Gasteiger partial charge in [-0.05, 0) is 12.2 Å². The van der Waals surface area contributed by atoms with Gasteiger partial charge in [-0.3, -0.25) is 9.59 Å². The van der Waals surface area contributed by atoms with Crippen LogP contribution < -0.4 is 5.32 Å². The highest BCUT2D eigenvalue weighted by molar-refractivity contribution is 6.17. The van der Waals surface area contributed by atoms with Crippen molar-refractivity contribution in [1.82, 2.24) is 5.32 Å². The number of fused-ring (bicyclic) bond motifs is 1. The summed E-state index contributed by atoms with van der Waals surface area (Å²) in [5.74, 6) is -0.232. The van der Waals surface area contributed by atoms with Gasteiger partial charge in [0.15, 0.2) is 11.6 Å². The molecular formula is C9H7NO2. The third-order valence-electron chi connectivity index (χ3n) is 1.83. The fourth-order valence-electron chi connectivity index (χ4n) is 1.28. The maximum absolute atomic E-state index is 11.2. The van der Waals surface area contributed by atoms with Gasteiger partial charge >= 0.3 is 0 Å². The summed E-state index contributed by atoms with van der Waals surface area (Å²) in [6.45, 7) is 0. The molecule has 1 heterocycles. The van der Waals surface area contributed by atoms with E-state index < -0.39 is 0 Å². The van der Waals surface area contributed by atoms with E-state index in [0.717, 1.165) is 0 Å². The molecule has 3 nitrogen and oxygen atoms in total. The molecule has 0 radical (unpaired) electrons. The lowest BCUT2D eigenvalue weighted by Gasteiger charge is -2.16. The van der Waals surface area contributed by atoms with Crippen molar-refractivity contribution in [3.63, 3.8) is 0 Å². The Labute approximate surface area is 69.5 Å². The molecule has 60 valence electrons. The minimum absolute atomic E-state index is 0.00481. The number of carbonyl (C=O) groups is 2. The molecule has 0 saturated heterocycles. The van der Waals surface area contributed by atoms with E-state index in [9.17, 15) is 9.59 Å². The molecule has 0 saturated carbocycles. The summed E-state index contributed by atoms with van der Waals surface area (Å²) in [5, 5.41) is 2.85. The lowest BCUT2D eigenvalue weighted by Crippen LogP contribution is -2.24. The molecule has 0 unspecified atom stereocenters. The Hall–Kier alpha value is -1.64. The minimum Gasteiger partial charge on any atom is -0.361 e. The molecule has 0 atom stereocenters. The third-order valence-corrected chi connectivity index (χ3v) is 1.83. The van der Waals surface area contributed by atoms with Gasteiger partial charge in [0.05, 0.1) is 12.1 Å². The fraction of sp³-hybridized carbons (Fsp3) is 0.111. The first-order valence-corrected chi connectivity index (χ1v) is 3.69. The molecule has 1 N–H and O–H groups in total. The smallest absolute Gasteiger partial charge is 0.172 e. The van der Waals surface area contributed by atoms with Crippen molar-refractivity contribution < 1.29 is 9.59 Å². The van der Waals surface area contributed by atoms with Gasteiger partial charge in [0.25, 0.3) is 0 Å². The van der Waals surface area contributed by atoms with Gasteiger partial charge in [0.2, 0.25) is 0 Å². The van der Waals surface area contributed by atoms with Crippen molar-refractivity contribution in [3.8, 4) is 0 Å². The molecule has 0 aromatic rings. The maximum Gasteiger partial charge on any atom is 0.172 e. The first-order chi connectivity index (χ1) is 5.77. The Balaban J connectivity index is 2.49. The average Bonchev–Trinajstić information content (AvgIpc) is 2.04. The van der Waals surface area contributed by atoms with E-state index in [4.69, 9.17) is 0 Å². The second kappa shape index (κ2) is 2.44. The summed E-state index contributed by atoms with van der Waals surface area (Å²) in [6, 6.07) is 0. The topological polar surface area (TPSA) is 46.2 Å². The van der Waals surface area contributed by atoms with Gasteiger partial charge in [-0.25, -0.2) is 0 Å². The van der Waals surface area contributed by atoms with E-state index in [2.05, 4.69) is 5.32 Å². The zero-order valence-corrected chi connectivity index (χ0v) is 6.33. The standard InChI is InChI=1S/C9H7NO2/c11-6-4-8-7(9(12)5-6)2-1-3-10-8/h1-4,10H,5H2. The van der Waals surface area contributed by atoms with Crippen LogP contribution in [0.1, 0.15) is 6.42 Å². The monoisotopic (exact) mass is 161 g/mol. The van der Waals surface area contributed by atoms with Crippen LogP contribution in [0.3, 0.4) is 0 Å². The zero-order valence-electron chi connectivity index (χ0n) is 6.33. The molecule has 0 bridgehead atoms. The van der Waals surface area contributed by atoms with Crippen LogP contribution in [0.2, 0.25) is 0 Å². The first kappa shape index (κ1) is 7.03. The van der Waals surface area contributed by atoms with Crippen molar-refractivity contribution in [2.24, 2.45) is 0 Å². The molecule has 12 heavy (non-hydrogen) atoms. The van der Waals surface area contributed by atoms with Crippen LogP contribution in [0.25, 0.3) is 0 Å². The summed E-state index contributed by atoms with van der Waals surface area (Å²) >= 11 is 0. The van der Waals surface area contributed by atoms with Crippen molar-refractivity contribution in [2.45, 2.75) is 6.42 Å². The Bertz CT molecular complexity index is 348. The van der Waals surface area contributed by atoms with Crippen LogP contribution in [-0.2, 0) is 9.59 Å². The van der Waals surface area contributed by atoms with Crippen molar-refractivity contribution in [2.75, 3.05) is 0 Å². The maximum atomic E-state index is 11.2. The SMILES string of the molecule is O=C1C=C2NC=CC=C2C(=O)C1. The predicted molar refractivity (Wildman–Crippen MR) is 43.1 cm³/mol. The van der Waals surface area contributed by atoms with Crippen LogP contribution in [0.4, 0.5) is 0 Å². The van der Waals surface area contributed by atoms with Gasteiger partial charge in [-0.15, -0.1) is 0 Å².